The third kappa shape index (κ3) is 2.14. The summed E-state index contributed by atoms with van der Waals surface area (Å²) < 4.78 is 10.9. The summed E-state index contributed by atoms with van der Waals surface area (Å²) in [5.41, 5.74) is 0.525. The fraction of sp³-hybridized carbons (Fsp3) is 0.0625. The fourth-order valence-corrected chi connectivity index (χ4v) is 2.45. The summed E-state index contributed by atoms with van der Waals surface area (Å²) in [6.45, 7) is 0. The molecule has 2 aromatic carbocycles. The Balaban J connectivity index is 2.39. The standard InChI is InChI=1S/C16H11ClO4/c1-20-15-10(6-4-7-11(15)18)16-13(17)14(19)9-5-2-3-8-12(9)21-16/h2-8,18H,1H3. The van der Waals surface area contributed by atoms with Gasteiger partial charge in [0.05, 0.1) is 18.1 Å². The molecule has 0 spiro atoms. The number of aromatic hydroxyl groups is 1. The number of hydrogen-bond donors (Lipinski definition) is 1. The molecule has 0 saturated heterocycles. The molecule has 1 aromatic heterocycles. The van der Waals surface area contributed by atoms with Crippen molar-refractivity contribution in [1.29, 1.82) is 0 Å². The lowest BCUT2D eigenvalue weighted by Crippen LogP contribution is -2.04. The molecule has 0 aliphatic carbocycles. The van der Waals surface area contributed by atoms with Gasteiger partial charge in [-0.15, -0.1) is 0 Å². The van der Waals surface area contributed by atoms with E-state index in [4.69, 9.17) is 20.8 Å². The molecule has 0 saturated carbocycles. The van der Waals surface area contributed by atoms with E-state index in [0.717, 1.165) is 0 Å². The number of phenolic OH excluding ortho intramolecular Hbond substituents is 1. The van der Waals surface area contributed by atoms with Gasteiger partial charge in [0.15, 0.2) is 17.3 Å². The van der Waals surface area contributed by atoms with Gasteiger partial charge < -0.3 is 14.3 Å². The van der Waals surface area contributed by atoms with Crippen molar-refractivity contribution in [3.63, 3.8) is 0 Å². The van der Waals surface area contributed by atoms with Crippen LogP contribution in [0.2, 0.25) is 5.02 Å². The summed E-state index contributed by atoms with van der Waals surface area (Å²) in [5.74, 6) is 0.327. The first kappa shape index (κ1) is 13.5. The zero-order valence-electron chi connectivity index (χ0n) is 11.1. The van der Waals surface area contributed by atoms with Gasteiger partial charge in [-0.1, -0.05) is 29.8 Å². The molecule has 0 unspecified atom stereocenters. The van der Waals surface area contributed by atoms with Crippen LogP contribution in [0.5, 0.6) is 11.5 Å². The van der Waals surface area contributed by atoms with Gasteiger partial charge in [0.2, 0.25) is 5.43 Å². The van der Waals surface area contributed by atoms with E-state index in [1.165, 1.54) is 13.2 Å². The zero-order chi connectivity index (χ0) is 15.0. The van der Waals surface area contributed by atoms with Crippen LogP contribution >= 0.6 is 11.6 Å². The van der Waals surface area contributed by atoms with E-state index < -0.39 is 0 Å². The van der Waals surface area contributed by atoms with Gasteiger partial charge in [0.1, 0.15) is 10.6 Å². The Morgan fingerprint density at radius 1 is 1.14 bits per heavy atom. The normalized spacial score (nSPS) is 10.8. The number of phenols is 1. The minimum atomic E-state index is -0.320. The van der Waals surface area contributed by atoms with E-state index in [2.05, 4.69) is 0 Å². The molecule has 0 fully saturated rings. The van der Waals surface area contributed by atoms with Crippen molar-refractivity contribution in [3.05, 3.63) is 57.7 Å². The maximum atomic E-state index is 12.3. The Labute approximate surface area is 125 Å². The van der Waals surface area contributed by atoms with E-state index in [1.54, 1.807) is 36.4 Å². The predicted octanol–water partition coefficient (Wildman–Crippen LogP) is 3.83. The summed E-state index contributed by atoms with van der Waals surface area (Å²) in [7, 11) is 1.42. The monoisotopic (exact) mass is 302 g/mol. The van der Waals surface area contributed by atoms with Crippen LogP contribution in [0.1, 0.15) is 0 Å². The topological polar surface area (TPSA) is 59.7 Å². The van der Waals surface area contributed by atoms with Crippen molar-refractivity contribution < 1.29 is 14.3 Å². The molecule has 0 aliphatic heterocycles. The summed E-state index contributed by atoms with van der Waals surface area (Å²) in [4.78, 5) is 12.3. The average Bonchev–Trinajstić information content (AvgIpc) is 2.50. The first-order valence-electron chi connectivity index (χ1n) is 6.21. The molecule has 3 aromatic rings. The lowest BCUT2D eigenvalue weighted by atomic mass is 10.1. The molecule has 0 aliphatic rings. The number of rotatable bonds is 2. The fourth-order valence-electron chi connectivity index (χ4n) is 2.21. The van der Waals surface area contributed by atoms with Gasteiger partial charge in [-0.3, -0.25) is 4.79 Å². The molecule has 21 heavy (non-hydrogen) atoms. The molecule has 1 heterocycles. The number of halogens is 1. The molecular weight excluding hydrogens is 292 g/mol. The quantitative estimate of drug-likeness (QED) is 0.781. The number of fused-ring (bicyclic) bond motifs is 1. The molecular formula is C16H11ClO4. The van der Waals surface area contributed by atoms with Crippen LogP contribution < -0.4 is 10.2 Å². The molecule has 0 bridgehead atoms. The molecule has 1 N–H and O–H groups in total. The van der Waals surface area contributed by atoms with Gasteiger partial charge in [-0.25, -0.2) is 0 Å². The van der Waals surface area contributed by atoms with E-state index >= 15 is 0 Å². The van der Waals surface area contributed by atoms with Crippen LogP contribution in [-0.2, 0) is 0 Å². The highest BCUT2D eigenvalue weighted by Crippen LogP contribution is 2.40. The maximum absolute atomic E-state index is 12.3. The number of hydrogen-bond acceptors (Lipinski definition) is 4. The lowest BCUT2D eigenvalue weighted by Gasteiger charge is -2.11. The Kier molecular flexibility index (Phi) is 3.31. The second kappa shape index (κ2) is 5.14. The van der Waals surface area contributed by atoms with Gasteiger partial charge >= 0.3 is 0 Å². The zero-order valence-corrected chi connectivity index (χ0v) is 11.8. The van der Waals surface area contributed by atoms with E-state index in [-0.39, 0.29) is 27.7 Å². The minimum absolute atomic E-state index is 0.0439. The van der Waals surface area contributed by atoms with Crippen LogP contribution in [0, 0.1) is 0 Å². The van der Waals surface area contributed by atoms with Crippen LogP contribution in [0.3, 0.4) is 0 Å². The summed E-state index contributed by atoms with van der Waals surface area (Å²) in [6, 6.07) is 11.6. The largest absolute Gasteiger partial charge is 0.504 e. The Morgan fingerprint density at radius 3 is 2.67 bits per heavy atom. The minimum Gasteiger partial charge on any atom is -0.504 e. The Morgan fingerprint density at radius 2 is 1.90 bits per heavy atom. The van der Waals surface area contributed by atoms with Crippen molar-refractivity contribution in [1.82, 2.24) is 0 Å². The summed E-state index contributed by atoms with van der Waals surface area (Å²) in [5, 5.41) is 10.2. The number of ether oxygens (including phenoxy) is 1. The highest BCUT2D eigenvalue weighted by Gasteiger charge is 2.19. The van der Waals surface area contributed by atoms with Crippen LogP contribution in [-0.4, -0.2) is 12.2 Å². The first-order valence-corrected chi connectivity index (χ1v) is 6.59. The van der Waals surface area contributed by atoms with Crippen LogP contribution in [0.15, 0.2) is 51.7 Å². The van der Waals surface area contributed by atoms with E-state index in [9.17, 15) is 9.90 Å². The summed E-state index contributed by atoms with van der Waals surface area (Å²) >= 11 is 6.14. The number of para-hydroxylation sites is 2. The van der Waals surface area contributed by atoms with Crippen molar-refractivity contribution in [3.8, 4) is 22.8 Å². The molecule has 0 radical (unpaired) electrons. The smallest absolute Gasteiger partial charge is 0.211 e. The molecule has 0 amide bonds. The summed E-state index contributed by atoms with van der Waals surface area (Å²) in [6.07, 6.45) is 0. The van der Waals surface area contributed by atoms with Crippen LogP contribution in [0.4, 0.5) is 0 Å². The molecule has 5 heteroatoms. The SMILES string of the molecule is COc1c(O)cccc1-c1oc2ccccc2c(=O)c1Cl. The second-order valence-electron chi connectivity index (χ2n) is 4.43. The molecule has 0 atom stereocenters. The number of benzene rings is 2. The maximum Gasteiger partial charge on any atom is 0.211 e. The van der Waals surface area contributed by atoms with Crippen molar-refractivity contribution >= 4 is 22.6 Å². The third-order valence-electron chi connectivity index (χ3n) is 3.19. The van der Waals surface area contributed by atoms with Crippen molar-refractivity contribution in [2.75, 3.05) is 7.11 Å². The average molecular weight is 303 g/mol. The number of methoxy groups -OCH3 is 1. The Hall–Kier alpha value is -2.46. The molecule has 4 nitrogen and oxygen atoms in total. The van der Waals surface area contributed by atoms with E-state index in [0.29, 0.717) is 16.5 Å². The second-order valence-corrected chi connectivity index (χ2v) is 4.81. The van der Waals surface area contributed by atoms with Crippen molar-refractivity contribution in [2.24, 2.45) is 0 Å². The van der Waals surface area contributed by atoms with E-state index in [1.807, 2.05) is 0 Å². The predicted molar refractivity (Wildman–Crippen MR) is 81.1 cm³/mol. The van der Waals surface area contributed by atoms with Crippen LogP contribution in [0.25, 0.3) is 22.3 Å². The van der Waals surface area contributed by atoms with Gasteiger partial charge in [-0.2, -0.15) is 0 Å². The molecule has 106 valence electrons. The molecule has 3 rings (SSSR count). The highest BCUT2D eigenvalue weighted by molar-refractivity contribution is 6.33. The lowest BCUT2D eigenvalue weighted by molar-refractivity contribution is 0.374. The van der Waals surface area contributed by atoms with Gasteiger partial charge in [-0.05, 0) is 24.3 Å². The Bertz CT molecular complexity index is 883. The third-order valence-corrected chi connectivity index (χ3v) is 3.53. The van der Waals surface area contributed by atoms with Gasteiger partial charge in [0.25, 0.3) is 0 Å². The first-order chi connectivity index (χ1) is 10.1. The van der Waals surface area contributed by atoms with Crippen molar-refractivity contribution in [2.45, 2.75) is 0 Å². The van der Waals surface area contributed by atoms with Gasteiger partial charge in [0, 0.05) is 0 Å². The highest BCUT2D eigenvalue weighted by atomic mass is 35.5.